The van der Waals surface area contributed by atoms with Gasteiger partial charge >= 0.3 is 6.01 Å². The number of thiophene rings is 1. The summed E-state index contributed by atoms with van der Waals surface area (Å²) in [5, 5.41) is 10.5. The lowest BCUT2D eigenvalue weighted by Crippen LogP contribution is -2.46. The number of benzene rings is 2. The van der Waals surface area contributed by atoms with E-state index in [-0.39, 0.29) is 72.9 Å². The van der Waals surface area contributed by atoms with E-state index in [1.54, 1.807) is 6.07 Å². The molecule has 1 amide bonds. The lowest BCUT2D eigenvalue weighted by atomic mass is 9.95. The van der Waals surface area contributed by atoms with Gasteiger partial charge < -0.3 is 20.3 Å². The van der Waals surface area contributed by atoms with Crippen molar-refractivity contribution in [3.8, 4) is 23.2 Å². The average Bonchev–Trinajstić information content (AvgIpc) is 3.82. The van der Waals surface area contributed by atoms with Crippen molar-refractivity contribution < 1.29 is 22.7 Å². The van der Waals surface area contributed by atoms with Crippen molar-refractivity contribution in [1.29, 1.82) is 5.26 Å². The van der Waals surface area contributed by atoms with Gasteiger partial charge in [-0.25, -0.2) is 13.2 Å². The number of nitrogens with zero attached hydrogens (tertiary/aromatic N) is 6. The highest BCUT2D eigenvalue weighted by molar-refractivity contribution is 7.23. The van der Waals surface area contributed by atoms with Crippen molar-refractivity contribution in [2.75, 3.05) is 43.4 Å². The maximum Gasteiger partial charge on any atom is 0.319 e. The smallest absolute Gasteiger partial charge is 0.319 e. The van der Waals surface area contributed by atoms with Crippen LogP contribution in [0.15, 0.2) is 18.2 Å². The van der Waals surface area contributed by atoms with E-state index in [0.29, 0.717) is 50.1 Å². The minimum Gasteiger partial charge on any atom is -0.461 e. The first-order chi connectivity index (χ1) is 23.5. The van der Waals surface area contributed by atoms with E-state index >= 15 is 4.39 Å². The van der Waals surface area contributed by atoms with Crippen LogP contribution in [0, 0.1) is 23.0 Å². The van der Waals surface area contributed by atoms with Crippen LogP contribution in [0.2, 0.25) is 5.02 Å². The molecule has 0 spiro atoms. The molecular weight excluding hydrogens is 675 g/mol. The zero-order chi connectivity index (χ0) is 34.8. The summed E-state index contributed by atoms with van der Waals surface area (Å²) in [6.07, 6.45) is 2.15. The number of likely N-dealkylation sites (N-methyl/N-ethyl adjacent to an activating group) is 1. The lowest BCUT2D eigenvalue weighted by molar-refractivity contribution is -0.131. The molecule has 4 aromatic rings. The second kappa shape index (κ2) is 12.8. The minimum absolute atomic E-state index is 0.0174. The predicted octanol–water partition coefficient (Wildman–Crippen LogP) is 7.08. The average molecular weight is 712 g/mol. The van der Waals surface area contributed by atoms with E-state index in [1.807, 2.05) is 36.6 Å². The fourth-order valence-electron chi connectivity index (χ4n) is 8.28. The van der Waals surface area contributed by atoms with Gasteiger partial charge in [0, 0.05) is 54.9 Å². The number of hydrogen-bond acceptors (Lipinski definition) is 9. The van der Waals surface area contributed by atoms with Gasteiger partial charge in [0.25, 0.3) is 0 Å². The molecule has 2 aromatic heterocycles. The molecule has 3 aliphatic rings. The highest BCUT2D eigenvalue weighted by atomic mass is 35.5. The largest absolute Gasteiger partial charge is 0.461 e. The molecule has 258 valence electrons. The van der Waals surface area contributed by atoms with Gasteiger partial charge in [-0.2, -0.15) is 15.2 Å². The monoisotopic (exact) mass is 711 g/mol. The fraction of sp³-hybridized carbons (Fsp3) is 0.486. The zero-order valence-corrected chi connectivity index (χ0v) is 29.1. The Morgan fingerprint density at radius 3 is 2.82 bits per heavy atom. The Kier molecular flexibility index (Phi) is 8.78. The molecule has 0 aliphatic carbocycles. The van der Waals surface area contributed by atoms with E-state index in [0.717, 1.165) is 30.7 Å². The first-order valence-corrected chi connectivity index (χ1v) is 17.9. The summed E-state index contributed by atoms with van der Waals surface area (Å²) >= 11 is 7.81. The maximum atomic E-state index is 17.1. The molecule has 7 rings (SSSR count). The number of ether oxygens (including phenoxy) is 1. The van der Waals surface area contributed by atoms with Crippen LogP contribution in [0.25, 0.3) is 32.1 Å². The molecule has 4 unspecified atom stereocenters. The number of alkyl halides is 1. The number of carbonyl (C=O) groups is 1. The number of aromatic nitrogens is 2. The first kappa shape index (κ1) is 33.6. The predicted molar refractivity (Wildman–Crippen MR) is 186 cm³/mol. The molecule has 0 saturated carbocycles. The summed E-state index contributed by atoms with van der Waals surface area (Å²) in [6.45, 7) is 8.14. The summed E-state index contributed by atoms with van der Waals surface area (Å²) in [5.41, 5.74) is 5.72. The van der Waals surface area contributed by atoms with Crippen LogP contribution < -0.4 is 15.4 Å². The number of rotatable bonds is 8. The number of halogens is 4. The molecule has 3 saturated heterocycles. The Bertz CT molecular complexity index is 2020. The van der Waals surface area contributed by atoms with Gasteiger partial charge in [0.05, 0.1) is 26.9 Å². The molecule has 3 fully saturated rings. The van der Waals surface area contributed by atoms with Gasteiger partial charge in [-0.05, 0) is 57.4 Å². The molecule has 9 nitrogen and oxygen atoms in total. The summed E-state index contributed by atoms with van der Waals surface area (Å²) in [5.74, 6) is -0.922. The third-order valence-corrected chi connectivity index (χ3v) is 11.9. The molecule has 2 aromatic carbocycles. The number of likely N-dealkylation sites (tertiary alicyclic amines) is 1. The van der Waals surface area contributed by atoms with Crippen LogP contribution in [0.4, 0.5) is 24.0 Å². The Morgan fingerprint density at radius 2 is 2.08 bits per heavy atom. The van der Waals surface area contributed by atoms with Gasteiger partial charge in [-0.1, -0.05) is 24.6 Å². The van der Waals surface area contributed by atoms with Crippen molar-refractivity contribution in [2.45, 2.75) is 76.7 Å². The fourth-order valence-corrected chi connectivity index (χ4v) is 9.53. The highest BCUT2D eigenvalue weighted by Gasteiger charge is 2.49. The number of hydrogen-bond donors (Lipinski definition) is 1. The number of nitriles is 1. The molecule has 0 bridgehead atoms. The molecule has 49 heavy (non-hydrogen) atoms. The normalized spacial score (nSPS) is 23.8. The zero-order valence-electron chi connectivity index (χ0n) is 27.5. The minimum atomic E-state index is -0.954. The number of fused-ring (bicyclic) bond motifs is 3. The summed E-state index contributed by atoms with van der Waals surface area (Å²) < 4.78 is 53.0. The molecule has 3 aliphatic heterocycles. The van der Waals surface area contributed by atoms with Crippen molar-refractivity contribution in [1.82, 2.24) is 19.8 Å². The van der Waals surface area contributed by atoms with E-state index in [2.05, 4.69) is 9.88 Å². The summed E-state index contributed by atoms with van der Waals surface area (Å²) in [4.78, 5) is 28.2. The van der Waals surface area contributed by atoms with Gasteiger partial charge in [-0.3, -0.25) is 9.69 Å². The van der Waals surface area contributed by atoms with E-state index < -0.39 is 23.3 Å². The molecular formula is C35H37ClF3N7O2S. The highest BCUT2D eigenvalue weighted by Crippen LogP contribution is 2.46. The Morgan fingerprint density at radius 1 is 1.29 bits per heavy atom. The van der Waals surface area contributed by atoms with Crippen LogP contribution in [0.1, 0.15) is 58.4 Å². The van der Waals surface area contributed by atoms with Crippen molar-refractivity contribution in [2.24, 2.45) is 0 Å². The van der Waals surface area contributed by atoms with Gasteiger partial charge in [-0.15, -0.1) is 11.3 Å². The van der Waals surface area contributed by atoms with Gasteiger partial charge in [0.15, 0.2) is 5.82 Å². The van der Waals surface area contributed by atoms with E-state index in [1.165, 1.54) is 12.1 Å². The van der Waals surface area contributed by atoms with Gasteiger partial charge in [0.2, 0.25) is 5.91 Å². The standard InChI is InChI=1S/C35H37ClF3N7O2S/c1-4-26(47)46-12-9-25(18(46)3)45(5-2)33-21-13-23(36)28(20-7-8-24(38)31-27(20)22(15-40)32(41)49-31)29(39)30(21)42-34(43-33)48-17-35-10-6-11-44(35)16-19(37)14-35/h7-8,13,18-19,25H,4-6,9-12,14,16-17,41H2,1-3H3. The van der Waals surface area contributed by atoms with Crippen molar-refractivity contribution in [3.63, 3.8) is 0 Å². The first-order valence-electron chi connectivity index (χ1n) is 16.7. The number of amides is 1. The summed E-state index contributed by atoms with van der Waals surface area (Å²) in [6, 6.07) is 5.86. The molecule has 14 heteroatoms. The Labute approximate surface area is 291 Å². The molecule has 0 radical (unpaired) electrons. The van der Waals surface area contributed by atoms with Gasteiger partial charge in [0.1, 0.15) is 41.0 Å². The lowest BCUT2D eigenvalue weighted by Gasteiger charge is -2.35. The van der Waals surface area contributed by atoms with Crippen LogP contribution in [0.3, 0.4) is 0 Å². The van der Waals surface area contributed by atoms with Crippen LogP contribution in [-0.4, -0.2) is 82.3 Å². The number of nitrogens with two attached hydrogens (primary N) is 1. The topological polar surface area (TPSA) is 112 Å². The van der Waals surface area contributed by atoms with Crippen LogP contribution in [-0.2, 0) is 4.79 Å². The number of anilines is 2. The van der Waals surface area contributed by atoms with Crippen molar-refractivity contribution in [3.05, 3.63) is 40.4 Å². The number of carbonyl (C=O) groups excluding carboxylic acids is 1. The van der Waals surface area contributed by atoms with Crippen molar-refractivity contribution >= 4 is 60.7 Å². The third kappa shape index (κ3) is 5.43. The van der Waals surface area contributed by atoms with E-state index in [9.17, 15) is 18.8 Å². The maximum absolute atomic E-state index is 17.1. The second-order valence-corrected chi connectivity index (χ2v) is 14.7. The second-order valence-electron chi connectivity index (χ2n) is 13.2. The van der Waals surface area contributed by atoms with E-state index in [4.69, 9.17) is 27.1 Å². The Hall–Kier alpha value is -3.86. The van der Waals surface area contributed by atoms with Crippen LogP contribution >= 0.6 is 22.9 Å². The quantitative estimate of drug-likeness (QED) is 0.207. The molecule has 2 N–H and O–H groups in total. The SMILES string of the molecule is CCC(=O)N1CCC(N(CC)c2nc(OCC34CCCN3CC(F)C4)nc3c(F)c(-c4ccc(F)c5sc(N)c(C#N)c45)c(Cl)cc23)C1C. The summed E-state index contributed by atoms with van der Waals surface area (Å²) in [7, 11) is 0. The molecule has 5 heterocycles. The van der Waals surface area contributed by atoms with Crippen LogP contribution in [0.5, 0.6) is 6.01 Å². The number of nitrogen functional groups attached to an aromatic ring is 1. The Balaban J connectivity index is 1.40. The molecule has 4 atom stereocenters. The third-order valence-electron chi connectivity index (χ3n) is 10.6.